The van der Waals surface area contributed by atoms with E-state index in [2.05, 4.69) is 179 Å². The van der Waals surface area contributed by atoms with Gasteiger partial charge in [-0.3, -0.25) is 9.98 Å². The van der Waals surface area contributed by atoms with Gasteiger partial charge in [0.2, 0.25) is 0 Å². The maximum Gasteiger partial charge on any atom is 0.130 e. The number of benzene rings is 7. The van der Waals surface area contributed by atoms with Crippen molar-refractivity contribution in [2.75, 3.05) is 0 Å². The molecule has 3 aromatic heterocycles. The molecule has 0 aliphatic carbocycles. The van der Waals surface area contributed by atoms with Gasteiger partial charge in [0.1, 0.15) is 5.84 Å². The summed E-state index contributed by atoms with van der Waals surface area (Å²) in [5.41, 5.74) is 8.68. The molecule has 0 saturated carbocycles. The van der Waals surface area contributed by atoms with Crippen LogP contribution in [0.4, 0.5) is 0 Å². The van der Waals surface area contributed by atoms with E-state index in [0.29, 0.717) is 5.84 Å². The van der Waals surface area contributed by atoms with E-state index in [0.717, 1.165) is 44.1 Å². The predicted octanol–water partition coefficient (Wildman–Crippen LogP) is 12.9. The number of para-hydroxylation sites is 3. The average Bonchev–Trinajstić information content (AvgIpc) is 3.85. The summed E-state index contributed by atoms with van der Waals surface area (Å²) in [6, 6.07) is 57.8. The summed E-state index contributed by atoms with van der Waals surface area (Å²) in [4.78, 5) is 0. The van der Waals surface area contributed by atoms with Crippen LogP contribution in [0.5, 0.6) is 0 Å². The highest BCUT2D eigenvalue weighted by Crippen LogP contribution is 2.41. The topological polar surface area (TPSA) is 33.7 Å². The summed E-state index contributed by atoms with van der Waals surface area (Å²) in [7, 11) is 0. The zero-order chi connectivity index (χ0) is 33.9. The van der Waals surface area contributed by atoms with Crippen molar-refractivity contribution in [2.45, 2.75) is 0 Å². The molecule has 1 N–H and O–H groups in total. The zero-order valence-electron chi connectivity index (χ0n) is 27.6. The van der Waals surface area contributed by atoms with Crippen molar-refractivity contribution in [1.29, 1.82) is 5.41 Å². The molecule has 51 heavy (non-hydrogen) atoms. The molecule has 0 atom stereocenters. The molecule has 10 rings (SSSR count). The summed E-state index contributed by atoms with van der Waals surface area (Å²) >= 11 is 1.83. The molecule has 7 aromatic carbocycles. The van der Waals surface area contributed by atoms with Crippen LogP contribution in [0.25, 0.3) is 81.1 Å². The number of nitrogens with one attached hydrogen (secondary N) is 1. The van der Waals surface area contributed by atoms with Crippen molar-refractivity contribution in [3.63, 3.8) is 0 Å². The Labute approximate surface area is 298 Å². The Morgan fingerprint density at radius 1 is 0.510 bits per heavy atom. The van der Waals surface area contributed by atoms with E-state index in [1.807, 2.05) is 23.5 Å². The lowest BCUT2D eigenvalue weighted by Crippen LogP contribution is -2.07. The number of thiophene rings is 1. The lowest BCUT2D eigenvalue weighted by Gasteiger charge is -2.10. The third-order valence-electron chi connectivity index (χ3n) is 10.0. The van der Waals surface area contributed by atoms with Gasteiger partial charge in [-0.1, -0.05) is 133 Å². The molecule has 0 unspecified atom stereocenters. The molecular formula is C47H31N3S. The van der Waals surface area contributed by atoms with Gasteiger partial charge >= 0.3 is 0 Å². The smallest absolute Gasteiger partial charge is 0.130 e. The van der Waals surface area contributed by atoms with Gasteiger partial charge in [0.25, 0.3) is 0 Å². The van der Waals surface area contributed by atoms with Crippen LogP contribution in [0.3, 0.4) is 0 Å². The summed E-state index contributed by atoms with van der Waals surface area (Å²) in [5.74, 6) is 0.408. The lowest BCUT2D eigenvalue weighted by atomic mass is 10.0. The van der Waals surface area contributed by atoms with Gasteiger partial charge in [-0.05, 0) is 65.2 Å². The fourth-order valence-electron chi connectivity index (χ4n) is 7.80. The first kappa shape index (κ1) is 29.4. The van der Waals surface area contributed by atoms with Crippen molar-refractivity contribution in [2.24, 2.45) is 0 Å². The van der Waals surface area contributed by atoms with Crippen LogP contribution < -0.4 is 0 Å². The van der Waals surface area contributed by atoms with Crippen LogP contribution in [0.2, 0.25) is 0 Å². The molecule has 0 aliphatic heterocycles. The van der Waals surface area contributed by atoms with E-state index in [9.17, 15) is 5.41 Å². The molecule has 10 aromatic rings. The largest absolute Gasteiger partial charge is 0.309 e. The van der Waals surface area contributed by atoms with E-state index >= 15 is 0 Å². The minimum absolute atomic E-state index is 0.408. The highest BCUT2D eigenvalue weighted by atomic mass is 32.1. The molecule has 240 valence electrons. The second-order valence-corrected chi connectivity index (χ2v) is 14.0. The lowest BCUT2D eigenvalue weighted by molar-refractivity contribution is 1.19. The third kappa shape index (κ3) is 4.68. The van der Waals surface area contributed by atoms with Crippen LogP contribution in [0, 0.1) is 5.41 Å². The third-order valence-corrected chi connectivity index (χ3v) is 11.1. The van der Waals surface area contributed by atoms with Gasteiger partial charge in [0.05, 0.1) is 22.1 Å². The maximum atomic E-state index is 9.77. The summed E-state index contributed by atoms with van der Waals surface area (Å²) in [5, 5.41) is 17.0. The second-order valence-electron chi connectivity index (χ2n) is 12.9. The Morgan fingerprint density at radius 3 is 2.00 bits per heavy atom. The van der Waals surface area contributed by atoms with Crippen molar-refractivity contribution in [3.8, 4) is 5.69 Å². The molecule has 0 spiro atoms. The number of nitrogens with zero attached hydrogens (tertiary/aromatic N) is 2. The number of aromatic nitrogens is 2. The maximum absolute atomic E-state index is 9.77. The van der Waals surface area contributed by atoms with Gasteiger partial charge in [-0.25, -0.2) is 0 Å². The molecule has 0 fully saturated rings. The molecule has 3 heterocycles. The molecule has 0 radical (unpaired) electrons. The fraction of sp³-hybridized carbons (Fsp3) is 0. The zero-order valence-corrected chi connectivity index (χ0v) is 28.4. The molecule has 3 nitrogen and oxygen atoms in total. The summed E-state index contributed by atoms with van der Waals surface area (Å²) in [6.07, 6.45) is 6.40. The van der Waals surface area contributed by atoms with Crippen LogP contribution in [-0.4, -0.2) is 15.0 Å². The number of allylic oxidation sites excluding steroid dienone is 3. The molecule has 0 aliphatic rings. The molecule has 0 amide bonds. The van der Waals surface area contributed by atoms with Crippen molar-refractivity contribution < 1.29 is 0 Å². The first-order valence-corrected chi connectivity index (χ1v) is 18.0. The number of hydrogen-bond acceptors (Lipinski definition) is 2. The van der Waals surface area contributed by atoms with Crippen LogP contribution in [0.15, 0.2) is 176 Å². The molecular weight excluding hydrogens is 639 g/mol. The van der Waals surface area contributed by atoms with Gasteiger partial charge in [-0.15, -0.1) is 11.3 Å². The number of hydrogen-bond donors (Lipinski definition) is 1. The quantitative estimate of drug-likeness (QED) is 0.108. The van der Waals surface area contributed by atoms with Crippen molar-refractivity contribution >= 4 is 92.6 Å². The Bertz CT molecular complexity index is 3030. The first-order valence-electron chi connectivity index (χ1n) is 17.2. The van der Waals surface area contributed by atoms with Gasteiger partial charge in [0.15, 0.2) is 0 Å². The average molecular weight is 670 g/mol. The van der Waals surface area contributed by atoms with Crippen molar-refractivity contribution in [3.05, 3.63) is 187 Å². The fourth-order valence-corrected chi connectivity index (χ4v) is 8.94. The SMILES string of the molecule is N=C(/C=C(\C=C\c1cccc2sc3ccccc3c12)c1ccccc1)n1c2ccccc2c2c1ccc1c3ccccc3n(-c3ccccc3)c12. The number of rotatable bonds is 5. The standard InChI is InChI=1S/C47H31N3S/c48-44(30-33(31-14-3-1-4-15-31)27-26-32-16-13-25-43-45(32)38-21-9-12-24-42(38)51-43)50-40-23-11-8-20-37(40)46-41(50)29-28-36-35-19-7-10-22-39(35)49(47(36)46)34-17-5-2-6-18-34/h1-30,48H/b27-26+,33-30+,48-44?. The van der Waals surface area contributed by atoms with Crippen LogP contribution in [-0.2, 0) is 0 Å². The summed E-state index contributed by atoms with van der Waals surface area (Å²) < 4.78 is 7.07. The minimum Gasteiger partial charge on any atom is -0.309 e. The number of fused-ring (bicyclic) bond motifs is 10. The van der Waals surface area contributed by atoms with E-state index in [1.54, 1.807) is 0 Å². The summed E-state index contributed by atoms with van der Waals surface area (Å²) in [6.45, 7) is 0. The second kappa shape index (κ2) is 11.8. The Hall–Kier alpha value is -6.49. The van der Waals surface area contributed by atoms with Gasteiger partial charge < -0.3 is 4.57 Å². The van der Waals surface area contributed by atoms with Gasteiger partial charge in [-0.2, -0.15) is 0 Å². The van der Waals surface area contributed by atoms with E-state index in [1.165, 1.54) is 42.0 Å². The first-order chi connectivity index (χ1) is 25.2. The molecule has 0 bridgehead atoms. The Balaban J connectivity index is 1.20. The van der Waals surface area contributed by atoms with Crippen LogP contribution in [0.1, 0.15) is 11.1 Å². The Morgan fingerprint density at radius 2 is 1.18 bits per heavy atom. The van der Waals surface area contributed by atoms with E-state index in [4.69, 9.17) is 0 Å². The monoisotopic (exact) mass is 669 g/mol. The van der Waals surface area contributed by atoms with Crippen molar-refractivity contribution in [1.82, 2.24) is 9.13 Å². The highest BCUT2D eigenvalue weighted by Gasteiger charge is 2.21. The normalized spacial score (nSPS) is 12.4. The van der Waals surface area contributed by atoms with E-state index < -0.39 is 0 Å². The van der Waals surface area contributed by atoms with Gasteiger partial charge in [0, 0.05) is 47.4 Å². The molecule has 4 heteroatoms. The highest BCUT2D eigenvalue weighted by molar-refractivity contribution is 7.25. The Kier molecular flexibility index (Phi) is 6.83. The minimum atomic E-state index is 0.408. The predicted molar refractivity (Wildman–Crippen MR) is 220 cm³/mol. The van der Waals surface area contributed by atoms with Crippen LogP contribution >= 0.6 is 11.3 Å². The molecule has 0 saturated heterocycles. The van der Waals surface area contributed by atoms with E-state index in [-0.39, 0.29) is 0 Å².